The number of carbonyl (C=O) groups is 1. The van der Waals surface area contributed by atoms with E-state index in [0.717, 1.165) is 5.56 Å². The van der Waals surface area contributed by atoms with Gasteiger partial charge in [0, 0.05) is 18.7 Å². The number of halogens is 2. The lowest BCUT2D eigenvalue weighted by atomic mass is 9.91. The summed E-state index contributed by atoms with van der Waals surface area (Å²) >= 11 is 0. The summed E-state index contributed by atoms with van der Waals surface area (Å²) < 4.78 is 31.9. The summed E-state index contributed by atoms with van der Waals surface area (Å²) in [6, 6.07) is 12.5. The van der Waals surface area contributed by atoms with E-state index in [1.165, 1.54) is 46.0 Å². The van der Waals surface area contributed by atoms with Gasteiger partial charge in [0.2, 0.25) is 0 Å². The molecule has 0 atom stereocenters. The quantitative estimate of drug-likeness (QED) is 0.380. The van der Waals surface area contributed by atoms with Crippen molar-refractivity contribution in [2.75, 3.05) is 13.1 Å². The van der Waals surface area contributed by atoms with Crippen LogP contribution in [0.4, 0.5) is 8.78 Å². The lowest BCUT2D eigenvalue weighted by Gasteiger charge is -2.38. The van der Waals surface area contributed by atoms with Crippen LogP contribution < -0.4 is 10.3 Å². The minimum atomic E-state index is -2.94. The van der Waals surface area contributed by atoms with E-state index in [1.54, 1.807) is 29.2 Å². The number of carbonyl (C=O) groups excluding carboxylic acids is 1. The third kappa shape index (κ3) is 5.13. The van der Waals surface area contributed by atoms with Crippen LogP contribution >= 0.6 is 0 Å². The number of alkyl halides is 2. The number of aliphatic hydroxyl groups excluding tert-OH is 1. The zero-order valence-corrected chi connectivity index (χ0v) is 20.2. The Labute approximate surface area is 215 Å². The van der Waals surface area contributed by atoms with Crippen LogP contribution in [-0.4, -0.2) is 65.7 Å². The number of aromatic nitrogens is 4. The van der Waals surface area contributed by atoms with Gasteiger partial charge >= 0.3 is 6.61 Å². The molecule has 1 aliphatic heterocycles. The first-order chi connectivity index (χ1) is 18.3. The molecule has 0 unspecified atom stereocenters. The molecule has 1 amide bonds. The molecule has 4 aromatic rings. The largest absolute Gasteiger partial charge is 0.435 e. The summed E-state index contributed by atoms with van der Waals surface area (Å²) in [5.41, 5.74) is 0.575. The second-order valence-electron chi connectivity index (χ2n) is 9.22. The highest BCUT2D eigenvalue weighted by Crippen LogP contribution is 2.26. The van der Waals surface area contributed by atoms with E-state index in [-0.39, 0.29) is 56.3 Å². The van der Waals surface area contributed by atoms with Crippen LogP contribution in [0.1, 0.15) is 28.8 Å². The molecule has 198 valence electrons. The van der Waals surface area contributed by atoms with Crippen LogP contribution in [0.3, 0.4) is 0 Å². The number of amides is 1. The molecule has 0 aliphatic carbocycles. The average molecular weight is 526 g/mol. The van der Waals surface area contributed by atoms with E-state index in [0.29, 0.717) is 22.3 Å². The van der Waals surface area contributed by atoms with Gasteiger partial charge in [-0.2, -0.15) is 13.9 Å². The maximum Gasteiger partial charge on any atom is 0.387 e. The molecular weight excluding hydrogens is 500 g/mol. The van der Waals surface area contributed by atoms with Crippen molar-refractivity contribution in [3.05, 3.63) is 82.5 Å². The number of ether oxygens (including phenoxy) is 1. The van der Waals surface area contributed by atoms with E-state index in [9.17, 15) is 28.6 Å². The molecule has 38 heavy (non-hydrogen) atoms. The Morgan fingerprint density at radius 2 is 1.76 bits per heavy atom. The number of aliphatic hydroxyl groups is 2. The summed E-state index contributed by atoms with van der Waals surface area (Å²) in [5, 5.41) is 25.0. The van der Waals surface area contributed by atoms with Crippen molar-refractivity contribution in [2.24, 2.45) is 0 Å². The molecule has 0 radical (unpaired) electrons. The van der Waals surface area contributed by atoms with Gasteiger partial charge in [-0.3, -0.25) is 14.2 Å². The molecule has 12 heteroatoms. The lowest BCUT2D eigenvalue weighted by Crippen LogP contribution is -2.49. The third-order valence-corrected chi connectivity index (χ3v) is 6.69. The predicted molar refractivity (Wildman–Crippen MR) is 132 cm³/mol. The van der Waals surface area contributed by atoms with Crippen LogP contribution in [0, 0.1) is 0 Å². The van der Waals surface area contributed by atoms with E-state index in [2.05, 4.69) is 14.8 Å². The molecule has 10 nitrogen and oxygen atoms in total. The molecule has 2 aromatic heterocycles. The summed E-state index contributed by atoms with van der Waals surface area (Å²) in [6.07, 6.45) is 3.30. The molecule has 2 aromatic carbocycles. The van der Waals surface area contributed by atoms with Crippen LogP contribution in [-0.2, 0) is 13.2 Å². The van der Waals surface area contributed by atoms with Crippen molar-refractivity contribution in [2.45, 2.75) is 38.2 Å². The Morgan fingerprint density at radius 1 is 1.08 bits per heavy atom. The van der Waals surface area contributed by atoms with Crippen LogP contribution in [0.5, 0.6) is 5.75 Å². The highest BCUT2D eigenvalue weighted by molar-refractivity contribution is 5.94. The van der Waals surface area contributed by atoms with Crippen LogP contribution in [0.25, 0.3) is 16.7 Å². The Hall–Kier alpha value is -4.16. The molecule has 3 heterocycles. The van der Waals surface area contributed by atoms with Gasteiger partial charge in [-0.05, 0) is 54.8 Å². The fraction of sp³-hybridized carbons (Fsp3) is 0.308. The maximum atomic E-state index is 13.1. The molecule has 5 rings (SSSR count). The van der Waals surface area contributed by atoms with Crippen molar-refractivity contribution in [1.29, 1.82) is 0 Å². The van der Waals surface area contributed by atoms with Crippen molar-refractivity contribution < 1.29 is 28.5 Å². The van der Waals surface area contributed by atoms with Gasteiger partial charge in [0.15, 0.2) is 5.65 Å². The minimum absolute atomic E-state index is 0.00679. The first-order valence-electron chi connectivity index (χ1n) is 12.0. The summed E-state index contributed by atoms with van der Waals surface area (Å²) in [5.74, 6) is -0.318. The lowest BCUT2D eigenvalue weighted by molar-refractivity contribution is -0.0498. The van der Waals surface area contributed by atoms with Gasteiger partial charge in [-0.1, -0.05) is 12.1 Å². The molecule has 0 saturated carbocycles. The summed E-state index contributed by atoms with van der Waals surface area (Å²) in [7, 11) is 0. The zero-order valence-electron chi connectivity index (χ0n) is 20.2. The fourth-order valence-corrected chi connectivity index (χ4v) is 4.56. The van der Waals surface area contributed by atoms with Gasteiger partial charge in [0.1, 0.15) is 17.5 Å². The monoisotopic (exact) mass is 525 g/mol. The Kier molecular flexibility index (Phi) is 6.91. The molecule has 0 spiro atoms. The van der Waals surface area contributed by atoms with Gasteiger partial charge in [-0.15, -0.1) is 0 Å². The summed E-state index contributed by atoms with van der Waals surface area (Å²) in [4.78, 5) is 32.0. The number of piperidine rings is 1. The van der Waals surface area contributed by atoms with Crippen LogP contribution in [0.15, 0.2) is 65.8 Å². The average Bonchev–Trinajstić information content (AvgIpc) is 3.35. The predicted octanol–water partition coefficient (Wildman–Crippen LogP) is 2.34. The molecule has 1 saturated heterocycles. The normalized spacial score (nSPS) is 15.2. The Balaban J connectivity index is 1.26. The molecule has 0 bridgehead atoms. The van der Waals surface area contributed by atoms with E-state index in [4.69, 9.17) is 0 Å². The van der Waals surface area contributed by atoms with Crippen molar-refractivity contribution in [1.82, 2.24) is 24.2 Å². The van der Waals surface area contributed by atoms with Crippen molar-refractivity contribution >= 4 is 16.9 Å². The smallest absolute Gasteiger partial charge is 0.387 e. The molecule has 1 aliphatic rings. The topological polar surface area (TPSA) is 123 Å². The molecule has 1 fully saturated rings. The minimum Gasteiger partial charge on any atom is -0.435 e. The van der Waals surface area contributed by atoms with Crippen molar-refractivity contribution in [3.8, 4) is 11.4 Å². The maximum absolute atomic E-state index is 13.1. The van der Waals surface area contributed by atoms with Gasteiger partial charge in [-0.25, -0.2) is 9.67 Å². The number of hydrogen-bond donors (Lipinski definition) is 2. The number of fused-ring (bicyclic) bond motifs is 1. The zero-order chi connectivity index (χ0) is 26.9. The standard InChI is InChI=1S/C26H25F2N5O5/c27-25(28)38-20-7-3-18(4-8-20)23(35)31-11-9-26(37,10-12-31)15-32-16-29-22-21(24(32)36)13-30-33(22)19-5-1-17(14-34)2-6-19/h1-8,13,16,25,34,37H,9-12,14-15H2. The van der Waals surface area contributed by atoms with E-state index in [1.807, 2.05) is 0 Å². The number of hydrogen-bond acceptors (Lipinski definition) is 7. The van der Waals surface area contributed by atoms with E-state index < -0.39 is 12.2 Å². The number of nitrogens with zero attached hydrogens (tertiary/aromatic N) is 5. The van der Waals surface area contributed by atoms with Gasteiger partial charge < -0.3 is 19.8 Å². The third-order valence-electron chi connectivity index (χ3n) is 6.69. The highest BCUT2D eigenvalue weighted by Gasteiger charge is 2.35. The first kappa shape index (κ1) is 25.5. The SMILES string of the molecule is O=C(c1ccc(OC(F)F)cc1)N1CCC(O)(Cn2cnc3c(cnn3-c3ccc(CO)cc3)c2=O)CC1. The highest BCUT2D eigenvalue weighted by atomic mass is 19.3. The van der Waals surface area contributed by atoms with E-state index >= 15 is 0 Å². The fourth-order valence-electron chi connectivity index (χ4n) is 4.56. The number of benzene rings is 2. The number of rotatable bonds is 7. The Bertz CT molecular complexity index is 1490. The van der Waals surface area contributed by atoms with Gasteiger partial charge in [0.05, 0.1) is 30.6 Å². The van der Waals surface area contributed by atoms with Crippen molar-refractivity contribution in [3.63, 3.8) is 0 Å². The number of likely N-dealkylation sites (tertiary alicyclic amines) is 1. The van der Waals surface area contributed by atoms with Gasteiger partial charge in [0.25, 0.3) is 11.5 Å². The summed E-state index contributed by atoms with van der Waals surface area (Å²) in [6.45, 7) is -2.49. The van der Waals surface area contributed by atoms with Crippen LogP contribution in [0.2, 0.25) is 0 Å². The molecule has 2 N–H and O–H groups in total. The molecular formula is C26H25F2N5O5. The second-order valence-corrected chi connectivity index (χ2v) is 9.22. The second kappa shape index (κ2) is 10.3. The Morgan fingerprint density at radius 3 is 2.39 bits per heavy atom. The first-order valence-corrected chi connectivity index (χ1v) is 12.0.